The van der Waals surface area contributed by atoms with Gasteiger partial charge in [0.25, 0.3) is 3.79 Å². The van der Waals surface area contributed by atoms with E-state index in [1.165, 1.54) is 14.2 Å². The third kappa shape index (κ3) is 5.47. The van der Waals surface area contributed by atoms with E-state index in [2.05, 4.69) is 0 Å². The van der Waals surface area contributed by atoms with Crippen LogP contribution >= 0.6 is 34.8 Å². The Kier molecular flexibility index (Phi) is 7.73. The summed E-state index contributed by atoms with van der Waals surface area (Å²) >= 11 is 17.0. The monoisotopic (exact) mass is 439 g/mol. The Labute approximate surface area is 172 Å². The molecule has 1 aliphatic rings. The van der Waals surface area contributed by atoms with E-state index < -0.39 is 46.4 Å². The number of rotatable bonds is 5. The highest BCUT2D eigenvalue weighted by Gasteiger charge is 2.49. The fourth-order valence-electron chi connectivity index (χ4n) is 2.70. The summed E-state index contributed by atoms with van der Waals surface area (Å²) in [5, 5.41) is 7.73. The second-order valence-electron chi connectivity index (χ2n) is 5.79. The first-order chi connectivity index (χ1) is 12.7. The van der Waals surface area contributed by atoms with Crippen molar-refractivity contribution in [2.45, 2.75) is 41.4 Å². The SMILES string of the molecule is CO[C@@H]1[C@@H](OC(=O)c2ccccc2)[C@H](C)O[C@@H](OC(=N)C(Cl)(Cl)Cl)[C@@H]1OC. The molecule has 1 heterocycles. The first kappa shape index (κ1) is 22.2. The number of benzene rings is 1. The topological polar surface area (TPSA) is 87.1 Å². The number of hydrogen-bond acceptors (Lipinski definition) is 7. The molecule has 1 saturated heterocycles. The average molecular weight is 441 g/mol. The number of alkyl halides is 3. The van der Waals surface area contributed by atoms with E-state index in [0.717, 1.165) is 0 Å². The molecule has 10 heteroatoms. The molecule has 1 aliphatic heterocycles. The maximum atomic E-state index is 12.4. The molecule has 0 amide bonds. The fourth-order valence-corrected chi connectivity index (χ4v) is 2.83. The molecule has 0 saturated carbocycles. The van der Waals surface area contributed by atoms with E-state index in [0.29, 0.717) is 5.56 Å². The molecular formula is C17H20Cl3NO6. The summed E-state index contributed by atoms with van der Waals surface area (Å²) in [6.07, 6.45) is -4.09. The third-order valence-electron chi connectivity index (χ3n) is 4.02. The van der Waals surface area contributed by atoms with E-state index in [-0.39, 0.29) is 0 Å². The molecule has 0 spiro atoms. The minimum Gasteiger partial charge on any atom is -0.453 e. The molecule has 27 heavy (non-hydrogen) atoms. The molecule has 0 radical (unpaired) electrons. The second kappa shape index (κ2) is 9.41. The fraction of sp³-hybridized carbons (Fsp3) is 0.529. The van der Waals surface area contributed by atoms with Crippen molar-refractivity contribution in [3.05, 3.63) is 35.9 Å². The minimum absolute atomic E-state index is 0.393. The van der Waals surface area contributed by atoms with Crippen LogP contribution in [0.3, 0.4) is 0 Å². The predicted molar refractivity (Wildman–Crippen MR) is 101 cm³/mol. The van der Waals surface area contributed by atoms with Crippen LogP contribution in [0.2, 0.25) is 0 Å². The molecule has 0 bridgehead atoms. The van der Waals surface area contributed by atoms with Crippen LogP contribution in [0.1, 0.15) is 17.3 Å². The lowest BCUT2D eigenvalue weighted by atomic mass is 9.99. The highest BCUT2D eigenvalue weighted by atomic mass is 35.6. The molecule has 2 rings (SSSR count). The Balaban J connectivity index is 2.17. The summed E-state index contributed by atoms with van der Waals surface area (Å²) in [7, 11) is 2.84. The van der Waals surface area contributed by atoms with Gasteiger partial charge in [-0.3, -0.25) is 5.41 Å². The van der Waals surface area contributed by atoms with Gasteiger partial charge in [-0.05, 0) is 19.1 Å². The average Bonchev–Trinajstić information content (AvgIpc) is 2.63. The van der Waals surface area contributed by atoms with Gasteiger partial charge in [-0.25, -0.2) is 4.79 Å². The zero-order chi connectivity index (χ0) is 20.2. The predicted octanol–water partition coefficient (Wildman–Crippen LogP) is 3.35. The Bertz CT molecular complexity index is 654. The van der Waals surface area contributed by atoms with Crippen LogP contribution in [0.15, 0.2) is 30.3 Å². The molecule has 5 atom stereocenters. The zero-order valence-corrected chi connectivity index (χ0v) is 17.1. The van der Waals surface area contributed by atoms with Gasteiger partial charge in [-0.1, -0.05) is 53.0 Å². The van der Waals surface area contributed by atoms with Crippen LogP contribution in [0, 0.1) is 5.41 Å². The largest absolute Gasteiger partial charge is 0.453 e. The van der Waals surface area contributed by atoms with Crippen molar-refractivity contribution in [1.82, 2.24) is 0 Å². The first-order valence-corrected chi connectivity index (χ1v) is 9.12. The van der Waals surface area contributed by atoms with Crippen LogP contribution in [0.4, 0.5) is 0 Å². The van der Waals surface area contributed by atoms with Gasteiger partial charge in [0.05, 0.1) is 11.7 Å². The number of methoxy groups -OCH3 is 2. The van der Waals surface area contributed by atoms with Gasteiger partial charge >= 0.3 is 5.97 Å². The van der Waals surface area contributed by atoms with Crippen LogP contribution in [0.5, 0.6) is 0 Å². The first-order valence-electron chi connectivity index (χ1n) is 7.98. The maximum absolute atomic E-state index is 12.4. The van der Waals surface area contributed by atoms with Crippen LogP contribution in [-0.4, -0.2) is 60.6 Å². The standard InChI is InChI=1S/C17H20Cl3NO6/c1-9-11(26-14(22)10-7-5-4-6-8-10)12(23-2)13(24-3)15(25-9)27-16(21)17(18,19)20/h4-9,11-13,15,21H,1-3H3/t9-,11-,12+,13+,15-/m0/s1. The number of nitrogens with one attached hydrogen (secondary N) is 1. The Morgan fingerprint density at radius 1 is 1.04 bits per heavy atom. The summed E-state index contributed by atoms with van der Waals surface area (Å²) in [5.41, 5.74) is 0.393. The van der Waals surface area contributed by atoms with Gasteiger partial charge in [0.1, 0.15) is 12.2 Å². The summed E-state index contributed by atoms with van der Waals surface area (Å²) in [6, 6.07) is 8.54. The van der Waals surface area contributed by atoms with Crippen molar-refractivity contribution < 1.29 is 28.5 Å². The molecule has 0 aromatic heterocycles. The molecule has 1 N–H and O–H groups in total. The highest BCUT2D eigenvalue weighted by Crippen LogP contribution is 2.33. The van der Waals surface area contributed by atoms with Crippen molar-refractivity contribution in [2.75, 3.05) is 14.2 Å². The Hall–Kier alpha value is -1.09. The van der Waals surface area contributed by atoms with Crippen molar-refractivity contribution in [3.63, 3.8) is 0 Å². The van der Waals surface area contributed by atoms with Gasteiger partial charge in [0, 0.05) is 14.2 Å². The van der Waals surface area contributed by atoms with E-state index in [9.17, 15) is 4.79 Å². The summed E-state index contributed by atoms with van der Waals surface area (Å²) in [4.78, 5) is 12.4. The molecule has 0 aliphatic carbocycles. The molecule has 1 fully saturated rings. The van der Waals surface area contributed by atoms with Crippen LogP contribution in [-0.2, 0) is 23.7 Å². The third-order valence-corrected chi connectivity index (χ3v) is 4.53. The smallest absolute Gasteiger partial charge is 0.338 e. The van der Waals surface area contributed by atoms with Crippen molar-refractivity contribution >= 4 is 46.7 Å². The highest BCUT2D eigenvalue weighted by molar-refractivity contribution is 6.76. The zero-order valence-electron chi connectivity index (χ0n) is 14.9. The maximum Gasteiger partial charge on any atom is 0.338 e. The summed E-state index contributed by atoms with van der Waals surface area (Å²) in [6.45, 7) is 1.68. The van der Waals surface area contributed by atoms with E-state index >= 15 is 0 Å². The van der Waals surface area contributed by atoms with Gasteiger partial charge in [0.15, 0.2) is 6.10 Å². The normalized spacial score (nSPS) is 28.4. The lowest BCUT2D eigenvalue weighted by molar-refractivity contribution is -0.282. The van der Waals surface area contributed by atoms with Crippen molar-refractivity contribution in [1.29, 1.82) is 5.41 Å². The van der Waals surface area contributed by atoms with Gasteiger partial charge in [-0.15, -0.1) is 0 Å². The quantitative estimate of drug-likeness (QED) is 0.327. The van der Waals surface area contributed by atoms with Gasteiger partial charge in [-0.2, -0.15) is 0 Å². The summed E-state index contributed by atoms with van der Waals surface area (Å²) < 4.78 is 25.4. The minimum atomic E-state index is -2.05. The van der Waals surface area contributed by atoms with Crippen LogP contribution in [0.25, 0.3) is 0 Å². The number of halogens is 3. The lowest BCUT2D eigenvalue weighted by Gasteiger charge is -2.43. The number of ether oxygens (including phenoxy) is 5. The van der Waals surface area contributed by atoms with Crippen molar-refractivity contribution in [2.24, 2.45) is 0 Å². The van der Waals surface area contributed by atoms with E-state index in [1.807, 2.05) is 0 Å². The molecule has 150 valence electrons. The van der Waals surface area contributed by atoms with Gasteiger partial charge < -0.3 is 23.7 Å². The lowest BCUT2D eigenvalue weighted by Crippen LogP contribution is -2.60. The number of esters is 1. The molecular weight excluding hydrogens is 421 g/mol. The number of carbonyl (C=O) groups excluding carboxylic acids is 1. The molecule has 7 nitrogen and oxygen atoms in total. The number of hydrogen-bond donors (Lipinski definition) is 1. The number of carbonyl (C=O) groups is 1. The molecule has 0 unspecified atom stereocenters. The molecule has 1 aromatic rings. The van der Waals surface area contributed by atoms with E-state index in [1.54, 1.807) is 37.3 Å². The molecule has 1 aromatic carbocycles. The van der Waals surface area contributed by atoms with E-state index in [4.69, 9.17) is 63.9 Å². The van der Waals surface area contributed by atoms with Crippen molar-refractivity contribution in [3.8, 4) is 0 Å². The Morgan fingerprint density at radius 2 is 1.63 bits per heavy atom. The summed E-state index contributed by atoms with van der Waals surface area (Å²) in [5.74, 6) is -1.15. The van der Waals surface area contributed by atoms with Crippen LogP contribution < -0.4 is 0 Å². The van der Waals surface area contributed by atoms with Gasteiger partial charge in [0.2, 0.25) is 12.2 Å². The Morgan fingerprint density at radius 3 is 2.15 bits per heavy atom. The second-order valence-corrected chi connectivity index (χ2v) is 8.07.